The highest BCUT2D eigenvalue weighted by Crippen LogP contribution is 2.30. The number of anilines is 1. The highest BCUT2D eigenvalue weighted by molar-refractivity contribution is 5.77. The van der Waals surface area contributed by atoms with Gasteiger partial charge in [-0.2, -0.15) is 13.2 Å². The largest absolute Gasteiger partial charge is 0.416 e. The van der Waals surface area contributed by atoms with E-state index < -0.39 is 11.7 Å². The van der Waals surface area contributed by atoms with Gasteiger partial charge in [0, 0.05) is 18.7 Å². The fourth-order valence-corrected chi connectivity index (χ4v) is 2.26. The molecule has 0 aliphatic heterocycles. The molecule has 1 unspecified atom stereocenters. The maximum Gasteiger partial charge on any atom is 0.416 e. The van der Waals surface area contributed by atoms with Crippen molar-refractivity contribution in [2.75, 3.05) is 11.9 Å². The van der Waals surface area contributed by atoms with Crippen LogP contribution in [0, 0.1) is 0 Å². The standard InChI is InChI=1S/C18H19F3N2O/c1-13(14-6-3-2-4-7-14)23-17(24)10-11-22-16-9-5-8-15(12-16)18(19,20)21/h2-9,12-13,22H,10-11H2,1H3,(H,23,24). The van der Waals surface area contributed by atoms with Crippen molar-refractivity contribution < 1.29 is 18.0 Å². The maximum atomic E-state index is 12.6. The van der Waals surface area contributed by atoms with Crippen molar-refractivity contribution in [3.05, 3.63) is 65.7 Å². The molecule has 24 heavy (non-hydrogen) atoms. The highest BCUT2D eigenvalue weighted by atomic mass is 19.4. The highest BCUT2D eigenvalue weighted by Gasteiger charge is 2.30. The molecule has 2 aromatic rings. The second-order valence-corrected chi connectivity index (χ2v) is 5.46. The van der Waals surface area contributed by atoms with E-state index in [0.29, 0.717) is 5.69 Å². The number of hydrogen-bond acceptors (Lipinski definition) is 2. The molecule has 0 heterocycles. The lowest BCUT2D eigenvalue weighted by molar-refractivity contribution is -0.137. The first-order chi connectivity index (χ1) is 11.4. The molecule has 2 aromatic carbocycles. The first-order valence-corrected chi connectivity index (χ1v) is 7.61. The van der Waals surface area contributed by atoms with Crippen molar-refractivity contribution in [1.82, 2.24) is 5.32 Å². The average molecular weight is 336 g/mol. The Bertz CT molecular complexity index is 671. The van der Waals surface area contributed by atoms with E-state index in [1.54, 1.807) is 6.07 Å². The van der Waals surface area contributed by atoms with Crippen molar-refractivity contribution >= 4 is 11.6 Å². The van der Waals surface area contributed by atoms with E-state index in [1.165, 1.54) is 6.07 Å². The first kappa shape index (κ1) is 17.8. The maximum absolute atomic E-state index is 12.6. The number of hydrogen-bond donors (Lipinski definition) is 2. The smallest absolute Gasteiger partial charge is 0.385 e. The summed E-state index contributed by atoms with van der Waals surface area (Å²) < 4.78 is 37.9. The summed E-state index contributed by atoms with van der Waals surface area (Å²) in [6.45, 7) is 2.14. The van der Waals surface area contributed by atoms with Gasteiger partial charge in [0.1, 0.15) is 0 Å². The Kier molecular flexibility index (Phi) is 5.84. The van der Waals surface area contributed by atoms with E-state index in [9.17, 15) is 18.0 Å². The fraction of sp³-hybridized carbons (Fsp3) is 0.278. The summed E-state index contributed by atoms with van der Waals surface area (Å²) >= 11 is 0. The van der Waals surface area contributed by atoms with Crippen LogP contribution in [0.4, 0.5) is 18.9 Å². The number of nitrogens with one attached hydrogen (secondary N) is 2. The molecule has 0 aliphatic carbocycles. The van der Waals surface area contributed by atoms with Gasteiger partial charge in [0.15, 0.2) is 0 Å². The van der Waals surface area contributed by atoms with Crippen molar-refractivity contribution in [2.45, 2.75) is 25.6 Å². The monoisotopic (exact) mass is 336 g/mol. The van der Waals surface area contributed by atoms with Crippen LogP contribution in [0.2, 0.25) is 0 Å². The summed E-state index contributed by atoms with van der Waals surface area (Å²) in [7, 11) is 0. The normalized spacial score (nSPS) is 12.5. The van der Waals surface area contributed by atoms with Crippen LogP contribution in [0.15, 0.2) is 54.6 Å². The van der Waals surface area contributed by atoms with Gasteiger partial charge in [-0.1, -0.05) is 36.4 Å². The molecule has 2 rings (SSSR count). The third-order valence-corrected chi connectivity index (χ3v) is 3.55. The molecule has 0 saturated carbocycles. The minimum Gasteiger partial charge on any atom is -0.385 e. The van der Waals surface area contributed by atoms with Crippen molar-refractivity contribution in [3.63, 3.8) is 0 Å². The second kappa shape index (κ2) is 7.86. The fourth-order valence-electron chi connectivity index (χ4n) is 2.26. The molecule has 0 spiro atoms. The molecular weight excluding hydrogens is 317 g/mol. The van der Waals surface area contributed by atoms with Gasteiger partial charge in [-0.15, -0.1) is 0 Å². The van der Waals surface area contributed by atoms with Crippen LogP contribution >= 0.6 is 0 Å². The SMILES string of the molecule is CC(NC(=O)CCNc1cccc(C(F)(F)F)c1)c1ccccc1. The van der Waals surface area contributed by atoms with Crippen LogP contribution in [0.1, 0.15) is 30.5 Å². The van der Waals surface area contributed by atoms with Crippen molar-refractivity contribution in [1.29, 1.82) is 0 Å². The molecule has 2 N–H and O–H groups in total. The summed E-state index contributed by atoms with van der Waals surface area (Å²) in [5.41, 5.74) is 0.625. The van der Waals surface area contributed by atoms with Gasteiger partial charge in [-0.25, -0.2) is 0 Å². The van der Waals surface area contributed by atoms with Crippen LogP contribution in [0.5, 0.6) is 0 Å². The Hall–Kier alpha value is -2.50. The van der Waals surface area contributed by atoms with E-state index in [-0.39, 0.29) is 24.9 Å². The van der Waals surface area contributed by atoms with Crippen LogP contribution in [-0.4, -0.2) is 12.5 Å². The summed E-state index contributed by atoms with van der Waals surface area (Å²) in [6.07, 6.45) is -4.20. The predicted octanol–water partition coefficient (Wildman–Crippen LogP) is 4.38. The average Bonchev–Trinajstić information content (AvgIpc) is 2.55. The molecule has 1 atom stereocenters. The summed E-state index contributed by atoms with van der Waals surface area (Å²) in [4.78, 5) is 11.9. The number of amides is 1. The number of carbonyl (C=O) groups is 1. The van der Waals surface area contributed by atoms with E-state index in [4.69, 9.17) is 0 Å². The third kappa shape index (κ3) is 5.30. The molecule has 6 heteroatoms. The van der Waals surface area contributed by atoms with Gasteiger partial charge in [-0.05, 0) is 30.7 Å². The Labute approximate surface area is 138 Å². The van der Waals surface area contributed by atoms with Gasteiger partial charge in [-0.3, -0.25) is 4.79 Å². The topological polar surface area (TPSA) is 41.1 Å². The minimum atomic E-state index is -4.37. The lowest BCUT2D eigenvalue weighted by atomic mass is 10.1. The molecule has 128 valence electrons. The zero-order valence-electron chi connectivity index (χ0n) is 13.2. The molecular formula is C18H19F3N2O. The van der Waals surface area contributed by atoms with E-state index in [1.807, 2.05) is 37.3 Å². The molecule has 3 nitrogen and oxygen atoms in total. The lowest BCUT2D eigenvalue weighted by Crippen LogP contribution is -2.28. The van der Waals surface area contributed by atoms with Crippen molar-refractivity contribution in [3.8, 4) is 0 Å². The van der Waals surface area contributed by atoms with Crippen LogP contribution in [-0.2, 0) is 11.0 Å². The molecule has 0 aromatic heterocycles. The Morgan fingerprint density at radius 3 is 2.46 bits per heavy atom. The van der Waals surface area contributed by atoms with Gasteiger partial charge < -0.3 is 10.6 Å². The van der Waals surface area contributed by atoms with Gasteiger partial charge in [0.2, 0.25) is 5.91 Å². The summed E-state index contributed by atoms with van der Waals surface area (Å²) in [5.74, 6) is -0.161. The van der Waals surface area contributed by atoms with Crippen LogP contribution in [0.25, 0.3) is 0 Å². The van der Waals surface area contributed by atoms with Gasteiger partial charge >= 0.3 is 6.18 Å². The zero-order chi connectivity index (χ0) is 17.6. The Morgan fingerprint density at radius 1 is 1.08 bits per heavy atom. The first-order valence-electron chi connectivity index (χ1n) is 7.61. The number of alkyl halides is 3. The Morgan fingerprint density at radius 2 is 1.79 bits per heavy atom. The molecule has 0 aliphatic rings. The molecule has 0 fully saturated rings. The van der Waals surface area contributed by atoms with E-state index >= 15 is 0 Å². The van der Waals surface area contributed by atoms with Crippen molar-refractivity contribution in [2.24, 2.45) is 0 Å². The third-order valence-electron chi connectivity index (χ3n) is 3.55. The molecule has 1 amide bonds. The zero-order valence-corrected chi connectivity index (χ0v) is 13.2. The number of halogens is 3. The summed E-state index contributed by atoms with van der Waals surface area (Å²) in [5, 5.41) is 5.70. The quantitative estimate of drug-likeness (QED) is 0.822. The number of rotatable bonds is 6. The van der Waals surface area contributed by atoms with E-state index in [2.05, 4.69) is 10.6 Å². The summed E-state index contributed by atoms with van der Waals surface area (Å²) in [6, 6.07) is 14.3. The number of carbonyl (C=O) groups excluding carboxylic acids is 1. The second-order valence-electron chi connectivity index (χ2n) is 5.46. The van der Waals surface area contributed by atoms with Crippen LogP contribution < -0.4 is 10.6 Å². The minimum absolute atomic E-state index is 0.118. The predicted molar refractivity (Wildman–Crippen MR) is 87.6 cm³/mol. The van der Waals surface area contributed by atoms with Gasteiger partial charge in [0.25, 0.3) is 0 Å². The molecule has 0 bridgehead atoms. The lowest BCUT2D eigenvalue weighted by Gasteiger charge is -2.15. The molecule has 0 saturated heterocycles. The number of benzene rings is 2. The van der Waals surface area contributed by atoms with Gasteiger partial charge in [0.05, 0.1) is 11.6 Å². The molecule has 0 radical (unpaired) electrons. The van der Waals surface area contributed by atoms with E-state index in [0.717, 1.165) is 17.7 Å². The Balaban J connectivity index is 1.81. The van der Waals surface area contributed by atoms with Crippen LogP contribution in [0.3, 0.4) is 0 Å².